The fourth-order valence-corrected chi connectivity index (χ4v) is 2.34. The molecule has 1 amide bonds. The van der Waals surface area contributed by atoms with Crippen LogP contribution < -0.4 is 0 Å². The monoisotopic (exact) mass is 286 g/mol. The lowest BCUT2D eigenvalue weighted by atomic mass is 10.2. The Hall–Kier alpha value is -1.11. The maximum Gasteiger partial charge on any atom is 0.259 e. The lowest BCUT2D eigenvalue weighted by Crippen LogP contribution is -2.22. The normalized spacial score (nSPS) is 16.2. The molecule has 0 radical (unpaired) electrons. The quantitative estimate of drug-likeness (QED) is 0.669. The predicted octanol–water partition coefficient (Wildman–Crippen LogP) is 2.24. The molecule has 1 aromatic carbocycles. The van der Waals surface area contributed by atoms with E-state index < -0.39 is 0 Å². The van der Waals surface area contributed by atoms with Gasteiger partial charge in [0.15, 0.2) is 4.32 Å². The molecule has 88 valence electrons. The Bertz CT molecular complexity index is 503. The maximum absolute atomic E-state index is 11.4. The Morgan fingerprint density at radius 2 is 2.35 bits per heavy atom. The van der Waals surface area contributed by atoms with E-state index in [9.17, 15) is 9.90 Å². The third-order valence-electron chi connectivity index (χ3n) is 2.02. The van der Waals surface area contributed by atoms with Gasteiger partial charge >= 0.3 is 0 Å². The zero-order chi connectivity index (χ0) is 12.4. The van der Waals surface area contributed by atoms with E-state index >= 15 is 0 Å². The van der Waals surface area contributed by atoms with E-state index in [-0.39, 0.29) is 16.7 Å². The summed E-state index contributed by atoms with van der Waals surface area (Å²) in [4.78, 5) is 11.4. The van der Waals surface area contributed by atoms with Gasteiger partial charge in [0.25, 0.3) is 5.91 Å². The topological polar surface area (TPSA) is 52.9 Å². The van der Waals surface area contributed by atoms with Crippen LogP contribution in [-0.4, -0.2) is 32.3 Å². The molecule has 1 saturated heterocycles. The van der Waals surface area contributed by atoms with Gasteiger partial charge in [-0.05, 0) is 23.8 Å². The highest BCUT2D eigenvalue weighted by atomic mass is 35.5. The first-order chi connectivity index (χ1) is 8.08. The third kappa shape index (κ3) is 2.77. The van der Waals surface area contributed by atoms with Crippen LogP contribution in [0.15, 0.2) is 23.3 Å². The molecule has 0 bridgehead atoms. The largest absolute Gasteiger partial charge is 0.506 e. The molecule has 4 nitrogen and oxygen atoms in total. The van der Waals surface area contributed by atoms with E-state index in [1.165, 1.54) is 29.1 Å². The van der Waals surface area contributed by atoms with E-state index in [1.54, 1.807) is 12.1 Å². The number of thiocarbonyl (C=S) groups is 1. The van der Waals surface area contributed by atoms with Gasteiger partial charge in [-0.15, -0.1) is 0 Å². The van der Waals surface area contributed by atoms with Crippen molar-refractivity contribution in [3.63, 3.8) is 0 Å². The van der Waals surface area contributed by atoms with Crippen molar-refractivity contribution in [2.45, 2.75) is 0 Å². The van der Waals surface area contributed by atoms with Crippen molar-refractivity contribution < 1.29 is 9.90 Å². The Morgan fingerprint density at radius 1 is 1.59 bits per heavy atom. The maximum atomic E-state index is 11.4. The van der Waals surface area contributed by atoms with E-state index in [1.807, 2.05) is 0 Å². The molecule has 1 aliphatic heterocycles. The van der Waals surface area contributed by atoms with Gasteiger partial charge in [-0.1, -0.05) is 35.6 Å². The van der Waals surface area contributed by atoms with E-state index in [4.69, 9.17) is 23.8 Å². The van der Waals surface area contributed by atoms with Crippen molar-refractivity contribution in [3.05, 3.63) is 28.8 Å². The van der Waals surface area contributed by atoms with E-state index in [2.05, 4.69) is 5.10 Å². The smallest absolute Gasteiger partial charge is 0.259 e. The van der Waals surface area contributed by atoms with Gasteiger partial charge in [0, 0.05) is 0 Å². The van der Waals surface area contributed by atoms with Crippen LogP contribution in [0.4, 0.5) is 0 Å². The lowest BCUT2D eigenvalue weighted by Gasteiger charge is -2.06. The summed E-state index contributed by atoms with van der Waals surface area (Å²) in [5.41, 5.74) is 0.681. The predicted molar refractivity (Wildman–Crippen MR) is 72.6 cm³/mol. The van der Waals surface area contributed by atoms with Crippen LogP contribution in [0.1, 0.15) is 5.56 Å². The van der Waals surface area contributed by atoms with Gasteiger partial charge < -0.3 is 5.11 Å². The summed E-state index contributed by atoms with van der Waals surface area (Å²) in [5, 5.41) is 14.6. The van der Waals surface area contributed by atoms with Crippen molar-refractivity contribution in [1.82, 2.24) is 5.01 Å². The second kappa shape index (κ2) is 5.03. The molecule has 1 heterocycles. The zero-order valence-corrected chi connectivity index (χ0v) is 10.8. The molecular formula is C10H7ClN2O2S2. The molecular weight excluding hydrogens is 280 g/mol. The van der Waals surface area contributed by atoms with Crippen molar-refractivity contribution in [2.75, 3.05) is 5.75 Å². The summed E-state index contributed by atoms with van der Waals surface area (Å²) >= 11 is 12.0. The number of hydrazone groups is 1. The molecule has 17 heavy (non-hydrogen) atoms. The van der Waals surface area contributed by atoms with Gasteiger partial charge in [-0.2, -0.15) is 10.1 Å². The fourth-order valence-electron chi connectivity index (χ4n) is 1.19. The van der Waals surface area contributed by atoms with Crippen LogP contribution in [0.2, 0.25) is 5.02 Å². The van der Waals surface area contributed by atoms with Gasteiger partial charge in [0.1, 0.15) is 5.75 Å². The Labute approximate surface area is 112 Å². The number of rotatable bonds is 2. The van der Waals surface area contributed by atoms with E-state index in [0.717, 1.165) is 0 Å². The van der Waals surface area contributed by atoms with Gasteiger partial charge in [-0.25, -0.2) is 0 Å². The van der Waals surface area contributed by atoms with Crippen LogP contribution in [0.5, 0.6) is 5.75 Å². The number of phenolic OH excluding ortho intramolecular Hbond substituents is 1. The molecule has 0 spiro atoms. The third-order valence-corrected chi connectivity index (χ3v) is 3.66. The van der Waals surface area contributed by atoms with Crippen LogP contribution in [-0.2, 0) is 4.79 Å². The molecule has 1 fully saturated rings. The Kier molecular flexibility index (Phi) is 3.66. The highest BCUT2D eigenvalue weighted by Crippen LogP contribution is 2.23. The van der Waals surface area contributed by atoms with Gasteiger partial charge in [0.2, 0.25) is 0 Å². The summed E-state index contributed by atoms with van der Waals surface area (Å²) in [5.74, 6) is 0.195. The molecule has 0 aromatic heterocycles. The summed E-state index contributed by atoms with van der Waals surface area (Å²) in [6.07, 6.45) is 1.47. The van der Waals surface area contributed by atoms with E-state index in [0.29, 0.717) is 15.6 Å². The molecule has 0 aliphatic carbocycles. The second-order valence-corrected chi connectivity index (χ2v) is 5.23. The average molecular weight is 287 g/mol. The molecule has 2 rings (SSSR count). The number of hydrogen-bond acceptors (Lipinski definition) is 5. The fraction of sp³-hybridized carbons (Fsp3) is 0.100. The van der Waals surface area contributed by atoms with Crippen LogP contribution in [0.25, 0.3) is 0 Å². The van der Waals surface area contributed by atoms with Crippen LogP contribution in [0, 0.1) is 0 Å². The minimum absolute atomic E-state index is 0.00661. The van der Waals surface area contributed by atoms with Crippen LogP contribution in [0.3, 0.4) is 0 Å². The van der Waals surface area contributed by atoms with Crippen molar-refractivity contribution >= 4 is 52.0 Å². The number of nitrogens with zero attached hydrogens (tertiary/aromatic N) is 2. The number of hydrogen-bond donors (Lipinski definition) is 1. The summed E-state index contributed by atoms with van der Waals surface area (Å²) in [6.45, 7) is 0. The molecule has 0 saturated carbocycles. The summed E-state index contributed by atoms with van der Waals surface area (Å²) < 4.78 is 0.441. The van der Waals surface area contributed by atoms with Crippen molar-refractivity contribution in [2.24, 2.45) is 5.10 Å². The number of phenols is 1. The minimum atomic E-state index is -0.138. The number of amides is 1. The lowest BCUT2D eigenvalue weighted by molar-refractivity contribution is -0.123. The van der Waals surface area contributed by atoms with Crippen LogP contribution >= 0.6 is 35.6 Å². The van der Waals surface area contributed by atoms with Gasteiger partial charge in [0.05, 0.1) is 17.0 Å². The second-order valence-electron chi connectivity index (χ2n) is 3.22. The molecule has 0 unspecified atom stereocenters. The number of carbonyl (C=O) groups excluding carboxylic acids is 1. The van der Waals surface area contributed by atoms with Crippen molar-refractivity contribution in [1.29, 1.82) is 0 Å². The SMILES string of the molecule is O=C1CSC(=S)N1/N=C/c1ccc(O)c(Cl)c1. The number of aromatic hydroxyl groups is 1. The highest BCUT2D eigenvalue weighted by Gasteiger charge is 2.25. The molecule has 7 heteroatoms. The van der Waals surface area contributed by atoms with Gasteiger partial charge in [-0.3, -0.25) is 4.79 Å². The first kappa shape index (κ1) is 12.3. The highest BCUT2D eigenvalue weighted by molar-refractivity contribution is 8.23. The molecule has 1 N–H and O–H groups in total. The number of carbonyl (C=O) groups is 1. The first-order valence-corrected chi connectivity index (χ1v) is 6.37. The standard InChI is InChI=1S/C10H7ClN2O2S2/c11-7-3-6(1-2-8(7)14)4-12-13-9(15)5-17-10(13)16/h1-4,14H,5H2/b12-4+. The van der Waals surface area contributed by atoms with Crippen molar-refractivity contribution in [3.8, 4) is 5.75 Å². The number of thioether (sulfide) groups is 1. The Balaban J connectivity index is 2.17. The Morgan fingerprint density at radius 3 is 2.94 bits per heavy atom. The number of benzene rings is 1. The number of halogens is 1. The average Bonchev–Trinajstić information content (AvgIpc) is 2.61. The molecule has 1 aromatic rings. The zero-order valence-electron chi connectivity index (χ0n) is 8.46. The molecule has 0 atom stereocenters. The summed E-state index contributed by atoms with van der Waals surface area (Å²) in [6, 6.07) is 4.65. The molecule has 1 aliphatic rings. The minimum Gasteiger partial charge on any atom is -0.506 e. The first-order valence-electron chi connectivity index (χ1n) is 4.60. The summed E-state index contributed by atoms with van der Waals surface area (Å²) in [7, 11) is 0.